The van der Waals surface area contributed by atoms with Crippen LogP contribution in [0, 0.1) is 6.92 Å². The number of hydrogen-bond acceptors (Lipinski definition) is 5. The largest absolute Gasteiger partial charge is 0.391 e. The summed E-state index contributed by atoms with van der Waals surface area (Å²) in [4.78, 5) is 20.6. The van der Waals surface area contributed by atoms with Gasteiger partial charge in [-0.25, -0.2) is 9.37 Å². The number of nitrogens with two attached hydrogens (primary N) is 1. The lowest BCUT2D eigenvalue weighted by Crippen LogP contribution is -2.33. The summed E-state index contributed by atoms with van der Waals surface area (Å²) in [5.74, 6) is -0.982. The molecule has 2 aromatic rings. The summed E-state index contributed by atoms with van der Waals surface area (Å²) >= 11 is 7.00. The van der Waals surface area contributed by atoms with Crippen molar-refractivity contribution >= 4 is 34.4 Å². The topological polar surface area (TPSA) is 104 Å². The van der Waals surface area contributed by atoms with Gasteiger partial charge in [-0.1, -0.05) is 18.2 Å². The number of aliphatic hydroxyl groups is 1. The van der Waals surface area contributed by atoms with Crippen LogP contribution in [-0.4, -0.2) is 27.5 Å². The van der Waals surface area contributed by atoms with Crippen molar-refractivity contribution in [1.82, 2.24) is 15.3 Å². The van der Waals surface area contributed by atoms with E-state index in [1.54, 1.807) is 26.0 Å². The molecule has 0 fully saturated rings. The Morgan fingerprint density at radius 1 is 1.54 bits per heavy atom. The maximum Gasteiger partial charge on any atom is 0.268 e. The molecule has 2 heterocycles. The van der Waals surface area contributed by atoms with Crippen molar-refractivity contribution in [2.45, 2.75) is 26.5 Å². The van der Waals surface area contributed by atoms with E-state index in [1.807, 2.05) is 0 Å². The number of carbonyl (C=O) groups is 1. The zero-order valence-corrected chi connectivity index (χ0v) is 17.1. The molecule has 0 aromatic carbocycles. The summed E-state index contributed by atoms with van der Waals surface area (Å²) in [6, 6.07) is 2.79. The van der Waals surface area contributed by atoms with Crippen LogP contribution < -0.4 is 11.1 Å². The first kappa shape index (κ1) is 22.0. The summed E-state index contributed by atoms with van der Waals surface area (Å²) in [7, 11) is 0. The van der Waals surface area contributed by atoms with Gasteiger partial charge in [-0.05, 0) is 43.7 Å². The van der Waals surface area contributed by atoms with E-state index < -0.39 is 11.9 Å². The van der Waals surface area contributed by atoms with E-state index >= 15 is 0 Å². The Hall–Kier alpha value is -2.26. The van der Waals surface area contributed by atoms with E-state index in [-0.39, 0.29) is 24.1 Å². The van der Waals surface area contributed by atoms with Crippen molar-refractivity contribution in [1.29, 1.82) is 0 Å². The number of rotatable bonds is 8. The number of nitrogens with zero attached hydrogens (tertiary/aromatic N) is 1. The van der Waals surface area contributed by atoms with Crippen LogP contribution >= 0.6 is 22.9 Å². The number of aliphatic hydroxyl groups excluding tert-OH is 1. The molecule has 0 bridgehead atoms. The van der Waals surface area contributed by atoms with Crippen LogP contribution in [0.15, 0.2) is 41.7 Å². The highest BCUT2D eigenvalue weighted by molar-refractivity contribution is 7.11. The SMILES string of the molecule is C=C/C(Cl)=C(F)\C=C(/C)c1ccc(C(=O)NC(CN)c2nc(C)c(CO)s2)[nH]1. The van der Waals surface area contributed by atoms with Crippen LogP contribution in [-0.2, 0) is 6.61 Å². The average Bonchev–Trinajstić information content (AvgIpc) is 3.32. The van der Waals surface area contributed by atoms with E-state index in [2.05, 4.69) is 21.9 Å². The number of hydrogen-bond donors (Lipinski definition) is 4. The van der Waals surface area contributed by atoms with Crippen molar-refractivity contribution in [3.05, 3.63) is 68.7 Å². The molecule has 1 amide bonds. The Morgan fingerprint density at radius 2 is 2.21 bits per heavy atom. The summed E-state index contributed by atoms with van der Waals surface area (Å²) in [6.07, 6.45) is 2.47. The quantitative estimate of drug-likeness (QED) is 0.485. The molecule has 2 aromatic heterocycles. The molecule has 0 radical (unpaired) electrons. The number of allylic oxidation sites excluding steroid dienone is 5. The maximum atomic E-state index is 13.8. The molecule has 0 spiro atoms. The molecule has 0 aliphatic carbocycles. The number of amides is 1. The van der Waals surface area contributed by atoms with Crippen molar-refractivity contribution in [2.24, 2.45) is 5.73 Å². The zero-order valence-electron chi connectivity index (χ0n) is 15.6. The van der Waals surface area contributed by atoms with Gasteiger partial charge in [0.15, 0.2) is 0 Å². The lowest BCUT2D eigenvalue weighted by Gasteiger charge is -2.13. The second-order valence-corrected chi connectivity index (χ2v) is 7.52. The van der Waals surface area contributed by atoms with Gasteiger partial charge in [0.05, 0.1) is 28.3 Å². The maximum absolute atomic E-state index is 13.8. The standard InChI is InChI=1S/C19H22ClFN4O2S/c1-4-12(20)13(21)7-10(2)14-5-6-15(24-14)18(27)25-16(8-22)19-23-11(3)17(9-26)28-19/h4-7,16,24,26H,1,8-9,22H2,2-3H3,(H,25,27)/b10-7+,13-12-. The Kier molecular flexibility index (Phi) is 7.70. The van der Waals surface area contributed by atoms with Crippen LogP contribution in [0.25, 0.3) is 5.57 Å². The predicted molar refractivity (Wildman–Crippen MR) is 111 cm³/mol. The number of aromatic amines is 1. The number of H-pyrrole nitrogens is 1. The molecule has 28 heavy (non-hydrogen) atoms. The Balaban J connectivity index is 2.16. The minimum absolute atomic E-state index is 0.0874. The fourth-order valence-corrected chi connectivity index (χ4v) is 3.44. The minimum atomic E-state index is -0.614. The van der Waals surface area contributed by atoms with Crippen LogP contribution in [0.2, 0.25) is 0 Å². The molecule has 5 N–H and O–H groups in total. The van der Waals surface area contributed by atoms with Gasteiger partial charge in [-0.2, -0.15) is 0 Å². The number of thiazole rings is 1. The lowest BCUT2D eigenvalue weighted by atomic mass is 10.2. The van der Waals surface area contributed by atoms with Crippen LogP contribution in [0.3, 0.4) is 0 Å². The number of nitrogens with one attached hydrogen (secondary N) is 2. The molecule has 6 nitrogen and oxygen atoms in total. The fourth-order valence-electron chi connectivity index (χ4n) is 2.40. The summed E-state index contributed by atoms with van der Waals surface area (Å²) < 4.78 is 13.8. The van der Waals surface area contributed by atoms with Gasteiger partial charge in [-0.3, -0.25) is 4.79 Å². The molecule has 1 atom stereocenters. The van der Waals surface area contributed by atoms with Crippen molar-refractivity contribution in [3.8, 4) is 0 Å². The molecule has 0 aliphatic rings. The second kappa shape index (κ2) is 9.79. The molecule has 150 valence electrons. The molecule has 0 saturated carbocycles. The van der Waals surface area contributed by atoms with Gasteiger partial charge >= 0.3 is 0 Å². The smallest absolute Gasteiger partial charge is 0.268 e. The minimum Gasteiger partial charge on any atom is -0.391 e. The number of aromatic nitrogens is 2. The van der Waals surface area contributed by atoms with Crippen LogP contribution in [0.5, 0.6) is 0 Å². The molecule has 9 heteroatoms. The highest BCUT2D eigenvalue weighted by Crippen LogP contribution is 2.24. The molecule has 0 saturated heterocycles. The zero-order chi connectivity index (χ0) is 20.8. The molecule has 0 aliphatic heterocycles. The number of carbonyl (C=O) groups excluding carboxylic acids is 1. The summed E-state index contributed by atoms with van der Waals surface area (Å²) in [6.45, 7) is 6.95. The highest BCUT2D eigenvalue weighted by atomic mass is 35.5. The summed E-state index contributed by atoms with van der Waals surface area (Å²) in [5, 5.41) is 12.7. The third-order valence-corrected chi connectivity index (χ3v) is 5.59. The van der Waals surface area contributed by atoms with E-state index in [4.69, 9.17) is 17.3 Å². The number of aryl methyl sites for hydroxylation is 1. The molecular formula is C19H22ClFN4O2S. The van der Waals surface area contributed by atoms with E-state index in [0.717, 1.165) is 4.88 Å². The third kappa shape index (κ3) is 5.17. The van der Waals surface area contributed by atoms with Gasteiger partial charge in [0.1, 0.15) is 16.5 Å². The first-order chi connectivity index (χ1) is 13.3. The van der Waals surface area contributed by atoms with Crippen molar-refractivity contribution < 1.29 is 14.3 Å². The Bertz CT molecular complexity index is 932. The highest BCUT2D eigenvalue weighted by Gasteiger charge is 2.20. The van der Waals surface area contributed by atoms with E-state index in [0.29, 0.717) is 27.7 Å². The predicted octanol–water partition coefficient (Wildman–Crippen LogP) is 3.71. The van der Waals surface area contributed by atoms with Crippen molar-refractivity contribution in [2.75, 3.05) is 6.54 Å². The van der Waals surface area contributed by atoms with Crippen LogP contribution in [0.4, 0.5) is 4.39 Å². The first-order valence-electron chi connectivity index (χ1n) is 8.44. The average molecular weight is 425 g/mol. The van der Waals surface area contributed by atoms with E-state index in [9.17, 15) is 14.3 Å². The number of halogens is 2. The van der Waals surface area contributed by atoms with E-state index in [1.165, 1.54) is 23.5 Å². The fraction of sp³-hybridized carbons (Fsp3) is 0.263. The van der Waals surface area contributed by atoms with Crippen LogP contribution in [0.1, 0.15) is 44.7 Å². The molecule has 2 rings (SSSR count). The first-order valence-corrected chi connectivity index (χ1v) is 9.63. The monoisotopic (exact) mass is 424 g/mol. The van der Waals surface area contributed by atoms with Gasteiger partial charge in [0.2, 0.25) is 0 Å². The molecule has 1 unspecified atom stereocenters. The van der Waals surface area contributed by atoms with Gasteiger partial charge in [-0.15, -0.1) is 11.3 Å². The van der Waals surface area contributed by atoms with Gasteiger partial charge < -0.3 is 21.1 Å². The lowest BCUT2D eigenvalue weighted by molar-refractivity contribution is 0.0933. The Labute approximate surface area is 171 Å². The normalized spacial score (nSPS) is 13.9. The van der Waals surface area contributed by atoms with Crippen molar-refractivity contribution in [3.63, 3.8) is 0 Å². The second-order valence-electron chi connectivity index (χ2n) is 5.99. The van der Waals surface area contributed by atoms with Gasteiger partial charge in [0, 0.05) is 12.2 Å². The molecular weight excluding hydrogens is 403 g/mol. The van der Waals surface area contributed by atoms with Gasteiger partial charge in [0.25, 0.3) is 5.91 Å². The third-order valence-electron chi connectivity index (χ3n) is 4.00. The Morgan fingerprint density at radius 3 is 2.79 bits per heavy atom. The summed E-state index contributed by atoms with van der Waals surface area (Å²) in [5.41, 5.74) is 7.94.